The van der Waals surface area contributed by atoms with Crippen LogP contribution in [0, 0.1) is 0 Å². The Kier molecular flexibility index (Phi) is 12.4. The largest absolute Gasteiger partial charge is 0.286 e. The first-order valence-electron chi connectivity index (χ1n) is 12.2. The molecule has 0 saturated heterocycles. The maximum atomic E-state index is 9.19. The second-order valence-electron chi connectivity index (χ2n) is 8.68. The summed E-state index contributed by atoms with van der Waals surface area (Å²) in [6, 6.07) is 44.6. The van der Waals surface area contributed by atoms with E-state index < -0.39 is 10.1 Å². The highest BCUT2D eigenvalue weighted by molar-refractivity contribution is 7.85. The lowest BCUT2D eigenvalue weighted by Crippen LogP contribution is -2.17. The lowest BCUT2D eigenvalue weighted by atomic mass is 10.4. The van der Waals surface area contributed by atoms with Crippen LogP contribution in [-0.2, 0) is 10.1 Å². The third-order valence-corrected chi connectivity index (χ3v) is 13.4. The number of benzene rings is 4. The standard InChI is InChI=1S/C29H31P3.CH4O3S/c1-30(22-24-31(26-14-6-2-7-15-26)27-16-8-3-9-17-27)23-25-32(28-18-10-4-11-19-28)29-20-12-5-13-21-29;1-5(2,3)4/h2-21H,22-25H2,1H3;1H3,(H,2,3,4). The van der Waals surface area contributed by atoms with E-state index in [1.807, 2.05) is 0 Å². The summed E-state index contributed by atoms with van der Waals surface area (Å²) < 4.78 is 25.9. The Balaban J connectivity index is 0.000000695. The molecule has 0 aliphatic heterocycles. The highest BCUT2D eigenvalue weighted by Crippen LogP contribution is 2.43. The highest BCUT2D eigenvalue weighted by atomic mass is 32.2. The molecule has 0 unspecified atom stereocenters. The van der Waals surface area contributed by atoms with Crippen molar-refractivity contribution in [3.63, 3.8) is 0 Å². The normalized spacial score (nSPS) is 11.4. The van der Waals surface area contributed by atoms with Crippen LogP contribution in [0.4, 0.5) is 0 Å². The second kappa shape index (κ2) is 15.5. The first kappa shape index (κ1) is 29.6. The third kappa shape index (κ3) is 11.2. The van der Waals surface area contributed by atoms with E-state index in [9.17, 15) is 8.42 Å². The van der Waals surface area contributed by atoms with E-state index in [-0.39, 0.29) is 23.8 Å². The maximum absolute atomic E-state index is 9.19. The molecule has 0 spiro atoms. The molecule has 194 valence electrons. The molecule has 1 N–H and O–H groups in total. The lowest BCUT2D eigenvalue weighted by molar-refractivity contribution is 0.490. The molecule has 0 radical (unpaired) electrons. The molecule has 0 bridgehead atoms. The van der Waals surface area contributed by atoms with Crippen LogP contribution in [0.3, 0.4) is 0 Å². The van der Waals surface area contributed by atoms with Gasteiger partial charge in [-0.25, -0.2) is 0 Å². The molecule has 0 fully saturated rings. The minimum atomic E-state index is -3.67. The summed E-state index contributed by atoms with van der Waals surface area (Å²) >= 11 is 0. The van der Waals surface area contributed by atoms with Gasteiger partial charge >= 0.3 is 0 Å². The molecule has 3 nitrogen and oxygen atoms in total. The average Bonchev–Trinajstić information content (AvgIpc) is 2.90. The Labute approximate surface area is 226 Å². The van der Waals surface area contributed by atoms with Crippen LogP contribution in [0.5, 0.6) is 0 Å². The molecular formula is C30H35O3P3S. The summed E-state index contributed by atoms with van der Waals surface area (Å²) in [6.07, 6.45) is 5.99. The van der Waals surface area contributed by atoms with Gasteiger partial charge in [0.2, 0.25) is 0 Å². The van der Waals surface area contributed by atoms with Gasteiger partial charge in [0.15, 0.2) is 0 Å². The van der Waals surface area contributed by atoms with Gasteiger partial charge in [-0.3, -0.25) is 4.55 Å². The molecule has 4 aromatic carbocycles. The number of rotatable bonds is 10. The highest BCUT2D eigenvalue weighted by Gasteiger charge is 2.17. The molecule has 0 aromatic heterocycles. The van der Waals surface area contributed by atoms with Crippen LogP contribution in [0.15, 0.2) is 121 Å². The van der Waals surface area contributed by atoms with Gasteiger partial charge in [-0.15, -0.1) is 7.92 Å². The summed E-state index contributed by atoms with van der Waals surface area (Å²) in [5.41, 5.74) is 0. The number of hydrogen-bond acceptors (Lipinski definition) is 2. The molecule has 0 aliphatic rings. The van der Waals surface area contributed by atoms with Gasteiger partial charge in [-0.2, -0.15) is 8.42 Å². The molecule has 0 aliphatic carbocycles. The first-order valence-corrected chi connectivity index (χ1v) is 19.2. The van der Waals surface area contributed by atoms with Gasteiger partial charge in [0.1, 0.15) is 0 Å². The van der Waals surface area contributed by atoms with Gasteiger partial charge in [0, 0.05) is 0 Å². The summed E-state index contributed by atoms with van der Waals surface area (Å²) in [4.78, 5) is 0. The second-order valence-corrected chi connectivity index (χ2v) is 17.4. The first-order chi connectivity index (χ1) is 17.8. The fraction of sp³-hybridized carbons (Fsp3) is 0.200. The average molecular weight is 569 g/mol. The van der Waals surface area contributed by atoms with Crippen LogP contribution in [0.1, 0.15) is 0 Å². The van der Waals surface area contributed by atoms with Crippen molar-refractivity contribution >= 4 is 55.1 Å². The Hall–Kier alpha value is -1.92. The fourth-order valence-corrected chi connectivity index (χ4v) is 12.2. The molecule has 7 heteroatoms. The maximum Gasteiger partial charge on any atom is 0.261 e. The summed E-state index contributed by atoms with van der Waals surface area (Å²) in [5, 5.41) is 6.03. The summed E-state index contributed by atoms with van der Waals surface area (Å²) in [5.74, 6) is 0. The Morgan fingerprint density at radius 1 is 0.514 bits per heavy atom. The van der Waals surface area contributed by atoms with E-state index in [1.165, 1.54) is 45.9 Å². The van der Waals surface area contributed by atoms with E-state index in [2.05, 4.69) is 128 Å². The van der Waals surface area contributed by atoms with Crippen molar-refractivity contribution in [3.05, 3.63) is 121 Å². The van der Waals surface area contributed by atoms with Gasteiger partial charge < -0.3 is 0 Å². The van der Waals surface area contributed by atoms with Crippen LogP contribution in [-0.4, -0.2) is 50.5 Å². The van der Waals surface area contributed by atoms with E-state index in [4.69, 9.17) is 4.55 Å². The van der Waals surface area contributed by atoms with Gasteiger partial charge in [-0.05, 0) is 68.4 Å². The predicted octanol–water partition coefficient (Wildman–Crippen LogP) is 5.87. The molecule has 4 rings (SSSR count). The molecule has 0 atom stereocenters. The Morgan fingerprint density at radius 2 is 0.730 bits per heavy atom. The van der Waals surface area contributed by atoms with Crippen LogP contribution in [0.25, 0.3) is 0 Å². The zero-order valence-corrected chi connectivity index (χ0v) is 24.9. The van der Waals surface area contributed by atoms with Gasteiger partial charge in [0.25, 0.3) is 10.1 Å². The molecular weight excluding hydrogens is 533 g/mol. The smallest absolute Gasteiger partial charge is 0.261 e. The number of hydrogen-bond donors (Lipinski definition) is 1. The molecule has 0 amide bonds. The van der Waals surface area contributed by atoms with Crippen molar-refractivity contribution in [2.45, 2.75) is 0 Å². The third-order valence-electron chi connectivity index (χ3n) is 5.68. The van der Waals surface area contributed by atoms with Gasteiger partial charge in [0.05, 0.1) is 6.26 Å². The van der Waals surface area contributed by atoms with Crippen molar-refractivity contribution < 1.29 is 13.0 Å². The topological polar surface area (TPSA) is 54.4 Å². The summed E-state index contributed by atoms with van der Waals surface area (Å²) in [6.45, 7) is 2.52. The lowest BCUT2D eigenvalue weighted by Gasteiger charge is -2.23. The monoisotopic (exact) mass is 568 g/mol. The van der Waals surface area contributed by atoms with E-state index in [0.717, 1.165) is 0 Å². The Bertz CT molecular complexity index is 1100. The van der Waals surface area contributed by atoms with E-state index in [1.54, 1.807) is 0 Å². The summed E-state index contributed by atoms with van der Waals surface area (Å²) in [7, 11) is -4.19. The minimum Gasteiger partial charge on any atom is -0.286 e. The van der Waals surface area contributed by atoms with Crippen molar-refractivity contribution in [2.75, 3.05) is 37.6 Å². The molecule has 4 aromatic rings. The zero-order valence-electron chi connectivity index (χ0n) is 21.4. The van der Waals surface area contributed by atoms with Gasteiger partial charge in [-0.1, -0.05) is 121 Å². The molecule has 0 saturated carbocycles. The molecule has 0 heterocycles. The SMILES string of the molecule is CP(CCP(c1ccccc1)c1ccccc1)CCP(c1ccccc1)c1ccccc1.CS(=O)(=O)O. The van der Waals surface area contributed by atoms with Crippen molar-refractivity contribution in [2.24, 2.45) is 0 Å². The van der Waals surface area contributed by atoms with Crippen molar-refractivity contribution in [3.8, 4) is 0 Å². The zero-order chi connectivity index (χ0) is 26.5. The van der Waals surface area contributed by atoms with E-state index >= 15 is 0 Å². The van der Waals surface area contributed by atoms with Crippen molar-refractivity contribution in [1.82, 2.24) is 0 Å². The Morgan fingerprint density at radius 3 is 0.946 bits per heavy atom. The van der Waals surface area contributed by atoms with Crippen LogP contribution < -0.4 is 21.2 Å². The minimum absolute atomic E-state index is 0.0254. The van der Waals surface area contributed by atoms with E-state index in [0.29, 0.717) is 6.26 Å². The fourth-order valence-electron chi connectivity index (χ4n) is 3.90. The molecule has 37 heavy (non-hydrogen) atoms. The quantitative estimate of drug-likeness (QED) is 0.192. The van der Waals surface area contributed by atoms with Crippen LogP contribution >= 0.6 is 23.8 Å². The van der Waals surface area contributed by atoms with Crippen molar-refractivity contribution in [1.29, 1.82) is 0 Å². The van der Waals surface area contributed by atoms with Crippen LogP contribution in [0.2, 0.25) is 0 Å². The predicted molar refractivity (Wildman–Crippen MR) is 168 cm³/mol.